The Hall–Kier alpha value is -0.700. The van der Waals surface area contributed by atoms with Crippen molar-refractivity contribution < 1.29 is 23.1 Å². The van der Waals surface area contributed by atoms with Gasteiger partial charge in [0, 0.05) is 39.7 Å². The van der Waals surface area contributed by atoms with E-state index in [4.69, 9.17) is 4.74 Å². The van der Waals surface area contributed by atoms with Crippen molar-refractivity contribution in [2.75, 3.05) is 45.4 Å². The Labute approximate surface area is 113 Å². The number of nitrogens with zero attached hydrogens (tertiary/aromatic N) is 1. The second-order valence-corrected chi connectivity index (χ2v) is 7.08. The molecule has 7 nitrogen and oxygen atoms in total. The Balaban J connectivity index is 2.41. The van der Waals surface area contributed by atoms with Gasteiger partial charge in [0.2, 0.25) is 5.91 Å². The van der Waals surface area contributed by atoms with E-state index >= 15 is 0 Å². The average molecular weight is 294 g/mol. The van der Waals surface area contributed by atoms with Crippen molar-refractivity contribution in [2.45, 2.75) is 18.6 Å². The standard InChI is InChI=1S/C11H22N2O5S/c1-13(6-10(14)7-18-2)11(15)5-9-8-19(16,17)4-3-12-9/h9-10,12,14H,3-8H2,1-2H3. The van der Waals surface area contributed by atoms with E-state index in [2.05, 4.69) is 5.32 Å². The molecule has 1 saturated heterocycles. The van der Waals surface area contributed by atoms with Crippen LogP contribution >= 0.6 is 0 Å². The number of hydrogen-bond acceptors (Lipinski definition) is 6. The molecule has 0 aromatic carbocycles. The van der Waals surface area contributed by atoms with Gasteiger partial charge in [0.15, 0.2) is 9.84 Å². The third-order valence-corrected chi connectivity index (χ3v) is 4.73. The number of sulfone groups is 1. The number of methoxy groups -OCH3 is 1. The van der Waals surface area contributed by atoms with Crippen LogP contribution < -0.4 is 5.32 Å². The van der Waals surface area contributed by atoms with Crippen molar-refractivity contribution in [3.63, 3.8) is 0 Å². The van der Waals surface area contributed by atoms with Crippen molar-refractivity contribution in [3.05, 3.63) is 0 Å². The Bertz CT molecular complexity index is 398. The Morgan fingerprint density at radius 1 is 1.58 bits per heavy atom. The number of aliphatic hydroxyl groups excluding tert-OH is 1. The molecule has 1 fully saturated rings. The summed E-state index contributed by atoms with van der Waals surface area (Å²) in [5.74, 6) is -0.0717. The Morgan fingerprint density at radius 2 is 2.26 bits per heavy atom. The van der Waals surface area contributed by atoms with Gasteiger partial charge in [0.05, 0.1) is 24.2 Å². The molecule has 1 rings (SSSR count). The maximum atomic E-state index is 11.9. The second kappa shape index (κ2) is 7.18. The molecule has 0 bridgehead atoms. The molecular weight excluding hydrogens is 272 g/mol. The fraction of sp³-hybridized carbons (Fsp3) is 0.909. The van der Waals surface area contributed by atoms with Gasteiger partial charge in [-0.25, -0.2) is 8.42 Å². The first-order chi connectivity index (χ1) is 8.84. The van der Waals surface area contributed by atoms with Crippen molar-refractivity contribution in [3.8, 4) is 0 Å². The van der Waals surface area contributed by atoms with Crippen molar-refractivity contribution >= 4 is 15.7 Å². The number of hydrogen-bond donors (Lipinski definition) is 2. The number of aliphatic hydroxyl groups is 1. The van der Waals surface area contributed by atoms with Crippen LogP contribution in [0.3, 0.4) is 0 Å². The zero-order chi connectivity index (χ0) is 14.5. The summed E-state index contributed by atoms with van der Waals surface area (Å²) in [6, 6.07) is -0.340. The normalized spacial score (nSPS) is 23.8. The van der Waals surface area contributed by atoms with E-state index in [1.807, 2.05) is 0 Å². The molecular formula is C11H22N2O5S. The third kappa shape index (κ3) is 5.85. The number of rotatable bonds is 6. The molecule has 0 radical (unpaired) electrons. The molecule has 2 N–H and O–H groups in total. The molecule has 1 amide bonds. The fourth-order valence-electron chi connectivity index (χ4n) is 2.03. The lowest BCUT2D eigenvalue weighted by molar-refractivity contribution is -0.132. The second-order valence-electron chi connectivity index (χ2n) is 4.85. The number of ether oxygens (including phenoxy) is 1. The summed E-state index contributed by atoms with van der Waals surface area (Å²) in [6.07, 6.45) is -0.614. The molecule has 0 aromatic heterocycles. The predicted octanol–water partition coefficient (Wildman–Crippen LogP) is -1.77. The van der Waals surface area contributed by atoms with Crippen LogP contribution in [0.4, 0.5) is 0 Å². The number of carbonyl (C=O) groups excluding carboxylic acids is 1. The van der Waals surface area contributed by atoms with Gasteiger partial charge in [-0.15, -0.1) is 0 Å². The highest BCUT2D eigenvalue weighted by Crippen LogP contribution is 2.07. The van der Waals surface area contributed by atoms with Crippen LogP contribution in [-0.2, 0) is 19.4 Å². The molecule has 1 aliphatic rings. The van der Waals surface area contributed by atoms with Crippen LogP contribution in [0.5, 0.6) is 0 Å². The van der Waals surface area contributed by atoms with Gasteiger partial charge in [-0.1, -0.05) is 0 Å². The monoisotopic (exact) mass is 294 g/mol. The van der Waals surface area contributed by atoms with Gasteiger partial charge in [0.25, 0.3) is 0 Å². The first kappa shape index (κ1) is 16.4. The first-order valence-electron chi connectivity index (χ1n) is 6.19. The summed E-state index contributed by atoms with van der Waals surface area (Å²) in [5, 5.41) is 12.6. The van der Waals surface area contributed by atoms with Crippen LogP contribution in [0.25, 0.3) is 0 Å². The van der Waals surface area contributed by atoms with E-state index in [1.54, 1.807) is 7.05 Å². The lowest BCUT2D eigenvalue weighted by Crippen LogP contribution is -2.48. The van der Waals surface area contributed by atoms with Crippen LogP contribution in [0, 0.1) is 0 Å². The van der Waals surface area contributed by atoms with Crippen LogP contribution in [0.1, 0.15) is 6.42 Å². The molecule has 2 unspecified atom stereocenters. The number of nitrogens with one attached hydrogen (secondary N) is 1. The van der Waals surface area contributed by atoms with Crippen LogP contribution in [0.15, 0.2) is 0 Å². The highest BCUT2D eigenvalue weighted by Gasteiger charge is 2.27. The molecule has 0 aromatic rings. The van der Waals surface area contributed by atoms with Crippen molar-refractivity contribution in [2.24, 2.45) is 0 Å². The van der Waals surface area contributed by atoms with Crippen LogP contribution in [-0.4, -0.2) is 81.8 Å². The van der Waals surface area contributed by atoms with Crippen molar-refractivity contribution in [1.29, 1.82) is 0 Å². The smallest absolute Gasteiger partial charge is 0.224 e. The van der Waals surface area contributed by atoms with Gasteiger partial charge in [-0.3, -0.25) is 4.79 Å². The first-order valence-corrected chi connectivity index (χ1v) is 8.01. The maximum Gasteiger partial charge on any atom is 0.224 e. The fourth-order valence-corrected chi connectivity index (χ4v) is 3.47. The lowest BCUT2D eigenvalue weighted by Gasteiger charge is -2.26. The maximum absolute atomic E-state index is 11.9. The summed E-state index contributed by atoms with van der Waals surface area (Å²) >= 11 is 0. The minimum Gasteiger partial charge on any atom is -0.389 e. The highest BCUT2D eigenvalue weighted by atomic mass is 32.2. The third-order valence-electron chi connectivity index (χ3n) is 2.99. The average Bonchev–Trinajstić information content (AvgIpc) is 2.27. The zero-order valence-corrected chi connectivity index (χ0v) is 12.1. The van der Waals surface area contributed by atoms with E-state index in [-0.39, 0.29) is 43.0 Å². The Morgan fingerprint density at radius 3 is 2.84 bits per heavy atom. The van der Waals surface area contributed by atoms with Crippen molar-refractivity contribution in [1.82, 2.24) is 10.2 Å². The zero-order valence-electron chi connectivity index (χ0n) is 11.3. The Kier molecular flexibility index (Phi) is 6.18. The van der Waals surface area contributed by atoms with Gasteiger partial charge in [-0.2, -0.15) is 0 Å². The number of amides is 1. The summed E-state index contributed by atoms with van der Waals surface area (Å²) in [7, 11) is 0.0184. The molecule has 8 heteroatoms. The molecule has 0 saturated carbocycles. The molecule has 19 heavy (non-hydrogen) atoms. The minimum absolute atomic E-state index is 0.00674. The summed E-state index contributed by atoms with van der Waals surface area (Å²) < 4.78 is 27.7. The van der Waals surface area contributed by atoms with Gasteiger partial charge in [0.1, 0.15) is 0 Å². The van der Waals surface area contributed by atoms with Crippen LogP contribution in [0.2, 0.25) is 0 Å². The largest absolute Gasteiger partial charge is 0.389 e. The SMILES string of the molecule is COCC(O)CN(C)C(=O)CC1CS(=O)(=O)CCN1. The number of likely N-dealkylation sites (N-methyl/N-ethyl adjacent to an activating group) is 1. The molecule has 1 heterocycles. The molecule has 2 atom stereocenters. The molecule has 112 valence electrons. The van der Waals surface area contributed by atoms with E-state index < -0.39 is 15.9 Å². The van der Waals surface area contributed by atoms with E-state index in [0.29, 0.717) is 6.54 Å². The topological polar surface area (TPSA) is 95.9 Å². The molecule has 0 spiro atoms. The molecule has 1 aliphatic heterocycles. The van der Waals surface area contributed by atoms with E-state index in [9.17, 15) is 18.3 Å². The summed E-state index contributed by atoms with van der Waals surface area (Å²) in [6.45, 7) is 0.718. The number of carbonyl (C=O) groups is 1. The quantitative estimate of drug-likeness (QED) is 0.602. The van der Waals surface area contributed by atoms with Gasteiger partial charge >= 0.3 is 0 Å². The lowest BCUT2D eigenvalue weighted by atomic mass is 10.2. The van der Waals surface area contributed by atoms with E-state index in [0.717, 1.165) is 0 Å². The molecule has 0 aliphatic carbocycles. The summed E-state index contributed by atoms with van der Waals surface area (Å²) in [5.41, 5.74) is 0. The predicted molar refractivity (Wildman–Crippen MR) is 70.6 cm³/mol. The highest BCUT2D eigenvalue weighted by molar-refractivity contribution is 7.91. The minimum atomic E-state index is -3.04. The van der Waals surface area contributed by atoms with E-state index in [1.165, 1.54) is 12.0 Å². The van der Waals surface area contributed by atoms with Gasteiger partial charge < -0.3 is 20.1 Å². The summed E-state index contributed by atoms with van der Waals surface area (Å²) in [4.78, 5) is 13.3. The van der Waals surface area contributed by atoms with Gasteiger partial charge in [-0.05, 0) is 0 Å².